The third kappa shape index (κ3) is 4.37. The predicted octanol–water partition coefficient (Wildman–Crippen LogP) is 2.69. The van der Waals surface area contributed by atoms with Gasteiger partial charge >= 0.3 is 0 Å². The van der Waals surface area contributed by atoms with Crippen LogP contribution in [0.1, 0.15) is 58.6 Å². The van der Waals surface area contributed by atoms with Crippen LogP contribution in [0.15, 0.2) is 6.07 Å². The average Bonchev–Trinajstić information content (AvgIpc) is 3.13. The van der Waals surface area contributed by atoms with Crippen LogP contribution in [0.25, 0.3) is 0 Å². The molecule has 1 N–H and O–H groups in total. The Bertz CT molecular complexity index is 688. The van der Waals surface area contributed by atoms with Gasteiger partial charge in [0.1, 0.15) is 0 Å². The SMILES string of the molecule is CN1CCC(NC(=O)C2CCc3sc(C(=O)N4CCCCC4)cc3C2)CC1. The minimum Gasteiger partial charge on any atom is -0.353 e. The summed E-state index contributed by atoms with van der Waals surface area (Å²) in [5, 5.41) is 3.28. The molecule has 0 saturated carbocycles. The molecule has 3 heterocycles. The number of rotatable bonds is 3. The molecule has 2 saturated heterocycles. The standard InChI is InChI=1S/C21H31N3O2S/c1-23-11-7-17(8-12-23)22-20(25)15-5-6-18-16(13-15)14-19(27-18)21(26)24-9-3-2-4-10-24/h14-15,17H,2-13H2,1H3,(H,22,25). The minimum atomic E-state index is 0.0599. The Balaban J connectivity index is 1.36. The van der Waals surface area contributed by atoms with Gasteiger partial charge in [-0.2, -0.15) is 0 Å². The number of piperidine rings is 2. The van der Waals surface area contributed by atoms with Gasteiger partial charge in [0.2, 0.25) is 5.91 Å². The molecule has 5 nitrogen and oxygen atoms in total. The zero-order valence-corrected chi connectivity index (χ0v) is 17.2. The molecule has 148 valence electrons. The summed E-state index contributed by atoms with van der Waals surface area (Å²) in [5.74, 6) is 0.469. The van der Waals surface area contributed by atoms with Gasteiger partial charge in [0, 0.05) is 29.9 Å². The summed E-state index contributed by atoms with van der Waals surface area (Å²) in [7, 11) is 2.14. The van der Waals surface area contributed by atoms with Crippen molar-refractivity contribution in [3.8, 4) is 0 Å². The van der Waals surface area contributed by atoms with Crippen LogP contribution < -0.4 is 5.32 Å². The summed E-state index contributed by atoms with van der Waals surface area (Å²) in [6.07, 6.45) is 8.20. The van der Waals surface area contributed by atoms with Gasteiger partial charge in [-0.25, -0.2) is 0 Å². The number of thiophene rings is 1. The Labute approximate surface area is 166 Å². The summed E-state index contributed by atoms with van der Waals surface area (Å²) in [5.41, 5.74) is 1.23. The average molecular weight is 390 g/mol. The number of carbonyl (C=O) groups is 2. The first kappa shape index (κ1) is 18.9. The van der Waals surface area contributed by atoms with Crippen molar-refractivity contribution in [3.63, 3.8) is 0 Å². The molecule has 27 heavy (non-hydrogen) atoms. The maximum atomic E-state index is 12.8. The molecule has 2 fully saturated rings. The van der Waals surface area contributed by atoms with Crippen LogP contribution in [0.2, 0.25) is 0 Å². The van der Waals surface area contributed by atoms with Gasteiger partial charge in [-0.15, -0.1) is 11.3 Å². The van der Waals surface area contributed by atoms with Gasteiger partial charge in [-0.1, -0.05) is 0 Å². The first-order chi connectivity index (χ1) is 13.1. The van der Waals surface area contributed by atoms with Crippen LogP contribution in [0.3, 0.4) is 0 Å². The molecule has 1 unspecified atom stereocenters. The summed E-state index contributed by atoms with van der Waals surface area (Å²) in [4.78, 5) is 32.0. The van der Waals surface area contributed by atoms with Crippen molar-refractivity contribution in [2.24, 2.45) is 5.92 Å². The second-order valence-electron chi connectivity index (χ2n) is 8.44. The van der Waals surface area contributed by atoms with Crippen molar-refractivity contribution in [2.45, 2.75) is 57.4 Å². The smallest absolute Gasteiger partial charge is 0.263 e. The van der Waals surface area contributed by atoms with E-state index in [2.05, 4.69) is 23.3 Å². The van der Waals surface area contributed by atoms with Crippen LogP contribution >= 0.6 is 11.3 Å². The topological polar surface area (TPSA) is 52.7 Å². The predicted molar refractivity (Wildman–Crippen MR) is 108 cm³/mol. The summed E-state index contributed by atoms with van der Waals surface area (Å²) in [6, 6.07) is 2.40. The van der Waals surface area contributed by atoms with Crippen molar-refractivity contribution in [3.05, 3.63) is 21.4 Å². The normalized spacial score (nSPS) is 24.5. The number of amides is 2. The Morgan fingerprint density at radius 2 is 1.81 bits per heavy atom. The fourth-order valence-corrected chi connectivity index (χ4v) is 5.75. The van der Waals surface area contributed by atoms with Crippen molar-refractivity contribution < 1.29 is 9.59 Å². The van der Waals surface area contributed by atoms with Gasteiger partial charge in [-0.05, 0) is 83.1 Å². The van der Waals surface area contributed by atoms with Crippen molar-refractivity contribution in [1.29, 1.82) is 0 Å². The zero-order chi connectivity index (χ0) is 18.8. The number of aryl methyl sites for hydroxylation is 1. The first-order valence-electron chi connectivity index (χ1n) is 10.5. The molecule has 3 aliphatic rings. The highest BCUT2D eigenvalue weighted by Crippen LogP contribution is 2.33. The zero-order valence-electron chi connectivity index (χ0n) is 16.3. The van der Waals surface area contributed by atoms with Gasteiger partial charge in [-0.3, -0.25) is 9.59 Å². The van der Waals surface area contributed by atoms with Crippen molar-refractivity contribution in [2.75, 3.05) is 33.2 Å². The molecular formula is C21H31N3O2S. The second-order valence-corrected chi connectivity index (χ2v) is 9.57. The largest absolute Gasteiger partial charge is 0.353 e. The molecule has 6 heteroatoms. The number of hydrogen-bond donors (Lipinski definition) is 1. The van der Waals surface area contributed by atoms with Gasteiger partial charge in [0.25, 0.3) is 5.91 Å². The molecule has 2 amide bonds. The van der Waals surface area contributed by atoms with Crippen LogP contribution in [0.5, 0.6) is 0 Å². The highest BCUT2D eigenvalue weighted by Gasteiger charge is 2.30. The Morgan fingerprint density at radius 1 is 1.07 bits per heavy atom. The lowest BCUT2D eigenvalue weighted by Crippen LogP contribution is -2.46. The molecular weight excluding hydrogens is 358 g/mol. The molecule has 0 spiro atoms. The summed E-state index contributed by atoms with van der Waals surface area (Å²) in [6.45, 7) is 3.91. The quantitative estimate of drug-likeness (QED) is 0.865. The third-order valence-corrected chi connectivity index (χ3v) is 7.60. The van der Waals surface area contributed by atoms with E-state index >= 15 is 0 Å². The van der Waals surface area contributed by atoms with Crippen LogP contribution in [0, 0.1) is 5.92 Å². The molecule has 0 bridgehead atoms. The van der Waals surface area contributed by atoms with E-state index in [9.17, 15) is 9.59 Å². The monoisotopic (exact) mass is 389 g/mol. The molecule has 1 aliphatic carbocycles. The molecule has 1 aromatic rings. The number of hydrogen-bond acceptors (Lipinski definition) is 4. The lowest BCUT2D eigenvalue weighted by Gasteiger charge is -2.31. The highest BCUT2D eigenvalue weighted by atomic mass is 32.1. The van der Waals surface area contributed by atoms with E-state index in [-0.39, 0.29) is 17.7 Å². The number of nitrogens with one attached hydrogen (secondary N) is 1. The Kier molecular flexibility index (Phi) is 5.83. The fraction of sp³-hybridized carbons (Fsp3) is 0.714. The lowest BCUT2D eigenvalue weighted by molar-refractivity contribution is -0.126. The molecule has 4 rings (SSSR count). The lowest BCUT2D eigenvalue weighted by atomic mass is 9.87. The minimum absolute atomic E-state index is 0.0599. The van der Waals surface area contributed by atoms with Crippen molar-refractivity contribution >= 4 is 23.2 Å². The maximum Gasteiger partial charge on any atom is 0.263 e. The van der Waals surface area contributed by atoms with Crippen LogP contribution in [-0.2, 0) is 17.6 Å². The van der Waals surface area contributed by atoms with Crippen LogP contribution in [0.4, 0.5) is 0 Å². The van der Waals surface area contributed by atoms with E-state index in [1.54, 1.807) is 11.3 Å². The molecule has 0 radical (unpaired) electrons. The van der Waals surface area contributed by atoms with E-state index < -0.39 is 0 Å². The third-order valence-electron chi connectivity index (χ3n) is 6.37. The number of fused-ring (bicyclic) bond motifs is 1. The Morgan fingerprint density at radius 3 is 2.56 bits per heavy atom. The maximum absolute atomic E-state index is 12.8. The number of likely N-dealkylation sites (tertiary alicyclic amines) is 2. The highest BCUT2D eigenvalue weighted by molar-refractivity contribution is 7.14. The van der Waals surface area contributed by atoms with E-state index in [0.717, 1.165) is 76.0 Å². The summed E-state index contributed by atoms with van der Waals surface area (Å²) >= 11 is 1.66. The van der Waals surface area contributed by atoms with Crippen LogP contribution in [-0.4, -0.2) is 60.9 Å². The van der Waals surface area contributed by atoms with E-state index in [1.165, 1.54) is 16.9 Å². The van der Waals surface area contributed by atoms with E-state index in [1.807, 2.05) is 4.90 Å². The van der Waals surface area contributed by atoms with Gasteiger partial charge in [0.05, 0.1) is 4.88 Å². The second kappa shape index (κ2) is 8.31. The van der Waals surface area contributed by atoms with E-state index in [4.69, 9.17) is 0 Å². The van der Waals surface area contributed by atoms with Gasteiger partial charge < -0.3 is 15.1 Å². The summed E-state index contributed by atoms with van der Waals surface area (Å²) < 4.78 is 0. The Hall–Kier alpha value is -1.40. The molecule has 2 aliphatic heterocycles. The number of carbonyl (C=O) groups excluding carboxylic acids is 2. The van der Waals surface area contributed by atoms with E-state index in [0.29, 0.717) is 6.04 Å². The molecule has 1 aromatic heterocycles. The number of nitrogens with zero attached hydrogens (tertiary/aromatic N) is 2. The molecule has 1 atom stereocenters. The fourth-order valence-electron chi connectivity index (χ4n) is 4.58. The van der Waals surface area contributed by atoms with Gasteiger partial charge in [0.15, 0.2) is 0 Å². The van der Waals surface area contributed by atoms with Crippen molar-refractivity contribution in [1.82, 2.24) is 15.1 Å². The molecule has 0 aromatic carbocycles. The first-order valence-corrected chi connectivity index (χ1v) is 11.3.